The predicted octanol–water partition coefficient (Wildman–Crippen LogP) is 2.19. The van der Waals surface area contributed by atoms with Gasteiger partial charge in [0.25, 0.3) is 0 Å². The molecule has 1 fully saturated rings. The van der Waals surface area contributed by atoms with Crippen molar-refractivity contribution < 1.29 is 13.5 Å². The van der Waals surface area contributed by atoms with Gasteiger partial charge in [-0.25, -0.2) is 8.78 Å². The number of halogens is 3. The van der Waals surface area contributed by atoms with Crippen LogP contribution in [0.25, 0.3) is 0 Å². The van der Waals surface area contributed by atoms with Crippen LogP contribution in [0.4, 0.5) is 14.5 Å². The first-order chi connectivity index (χ1) is 8.13. The molecule has 0 amide bonds. The van der Waals surface area contributed by atoms with E-state index in [1.807, 2.05) is 11.8 Å². The number of rotatable bonds is 2. The molecule has 1 aliphatic heterocycles. The van der Waals surface area contributed by atoms with Crippen molar-refractivity contribution in [2.24, 2.45) is 0 Å². The molecule has 1 saturated heterocycles. The van der Waals surface area contributed by atoms with Crippen LogP contribution in [0, 0.1) is 11.6 Å². The lowest BCUT2D eigenvalue weighted by molar-refractivity contribution is 0.382. The second kappa shape index (κ2) is 6.20. The Labute approximate surface area is 112 Å². The number of methoxy groups -OCH3 is 1. The Balaban J connectivity index is 0.00000162. The molecular formula is C12H17ClF2N2O. The molecule has 0 saturated carbocycles. The SMILES string of the molecule is COc1cc(F)c(N2CCNC[C@@H]2C)cc1F.Cl. The van der Waals surface area contributed by atoms with Crippen molar-refractivity contribution in [3.63, 3.8) is 0 Å². The maximum atomic E-state index is 13.9. The highest BCUT2D eigenvalue weighted by molar-refractivity contribution is 5.85. The van der Waals surface area contributed by atoms with E-state index in [2.05, 4.69) is 5.32 Å². The maximum Gasteiger partial charge on any atom is 0.167 e. The average molecular weight is 279 g/mol. The molecule has 3 nitrogen and oxygen atoms in total. The topological polar surface area (TPSA) is 24.5 Å². The van der Waals surface area contributed by atoms with Crippen LogP contribution in [0.3, 0.4) is 0 Å². The van der Waals surface area contributed by atoms with E-state index < -0.39 is 11.6 Å². The molecule has 18 heavy (non-hydrogen) atoms. The van der Waals surface area contributed by atoms with Gasteiger partial charge in [0.1, 0.15) is 5.82 Å². The van der Waals surface area contributed by atoms with E-state index in [-0.39, 0.29) is 24.2 Å². The zero-order valence-electron chi connectivity index (χ0n) is 10.4. The number of hydrogen-bond acceptors (Lipinski definition) is 3. The Morgan fingerprint density at radius 3 is 2.67 bits per heavy atom. The lowest BCUT2D eigenvalue weighted by atomic mass is 10.1. The number of nitrogens with one attached hydrogen (secondary N) is 1. The third-order valence-electron chi connectivity index (χ3n) is 3.03. The van der Waals surface area contributed by atoms with Gasteiger partial charge in [-0.05, 0) is 6.92 Å². The van der Waals surface area contributed by atoms with Gasteiger partial charge in [0.2, 0.25) is 0 Å². The smallest absolute Gasteiger partial charge is 0.167 e. The predicted molar refractivity (Wildman–Crippen MR) is 69.8 cm³/mol. The largest absolute Gasteiger partial charge is 0.494 e. The van der Waals surface area contributed by atoms with Crippen LogP contribution in [0.2, 0.25) is 0 Å². The van der Waals surface area contributed by atoms with E-state index in [0.717, 1.165) is 19.2 Å². The number of ether oxygens (including phenoxy) is 1. The van der Waals surface area contributed by atoms with Crippen LogP contribution in [0.5, 0.6) is 5.75 Å². The highest BCUT2D eigenvalue weighted by Gasteiger charge is 2.22. The highest BCUT2D eigenvalue weighted by atomic mass is 35.5. The third-order valence-corrected chi connectivity index (χ3v) is 3.03. The molecule has 0 unspecified atom stereocenters. The number of anilines is 1. The van der Waals surface area contributed by atoms with Crippen molar-refractivity contribution in [3.8, 4) is 5.75 Å². The van der Waals surface area contributed by atoms with Crippen LogP contribution in [-0.2, 0) is 0 Å². The molecule has 0 bridgehead atoms. The number of benzene rings is 1. The molecule has 1 aliphatic rings. The van der Waals surface area contributed by atoms with Crippen LogP contribution >= 0.6 is 12.4 Å². The minimum Gasteiger partial charge on any atom is -0.494 e. The first-order valence-corrected chi connectivity index (χ1v) is 5.64. The summed E-state index contributed by atoms with van der Waals surface area (Å²) in [7, 11) is 1.32. The molecule has 1 aromatic rings. The summed E-state index contributed by atoms with van der Waals surface area (Å²) in [6.07, 6.45) is 0. The molecule has 0 radical (unpaired) electrons. The molecule has 1 N–H and O–H groups in total. The zero-order chi connectivity index (χ0) is 12.4. The summed E-state index contributed by atoms with van der Waals surface area (Å²) in [6, 6.07) is 2.45. The Kier molecular flexibility index (Phi) is 5.16. The van der Waals surface area contributed by atoms with Crippen molar-refractivity contribution in [2.75, 3.05) is 31.6 Å². The minimum atomic E-state index is -0.533. The fraction of sp³-hybridized carbons (Fsp3) is 0.500. The lowest BCUT2D eigenvalue weighted by Gasteiger charge is -2.36. The molecule has 0 aromatic heterocycles. The zero-order valence-corrected chi connectivity index (χ0v) is 11.2. The Hall–Kier alpha value is -1.07. The summed E-state index contributed by atoms with van der Waals surface area (Å²) in [4.78, 5) is 1.87. The molecule has 1 heterocycles. The van der Waals surface area contributed by atoms with Gasteiger partial charge in [-0.1, -0.05) is 0 Å². The average Bonchev–Trinajstić information content (AvgIpc) is 2.32. The van der Waals surface area contributed by atoms with Gasteiger partial charge in [0, 0.05) is 37.8 Å². The second-order valence-electron chi connectivity index (χ2n) is 4.18. The molecule has 0 spiro atoms. The van der Waals surface area contributed by atoms with Crippen molar-refractivity contribution in [3.05, 3.63) is 23.8 Å². The van der Waals surface area contributed by atoms with Gasteiger partial charge >= 0.3 is 0 Å². The van der Waals surface area contributed by atoms with E-state index in [0.29, 0.717) is 12.2 Å². The summed E-state index contributed by atoms with van der Waals surface area (Å²) in [5, 5.41) is 3.21. The quantitative estimate of drug-likeness (QED) is 0.898. The van der Waals surface area contributed by atoms with Gasteiger partial charge < -0.3 is 15.0 Å². The van der Waals surface area contributed by atoms with Gasteiger partial charge in [0.05, 0.1) is 12.8 Å². The maximum absolute atomic E-state index is 13.9. The standard InChI is InChI=1S/C12H16F2N2O.ClH/c1-8-7-15-3-4-16(8)11-5-10(14)12(17-2)6-9(11)13;/h5-6,8,15H,3-4,7H2,1-2H3;1H/t8-;/m0./s1. The Bertz CT molecular complexity index is 417. The molecular weight excluding hydrogens is 262 g/mol. The van der Waals surface area contributed by atoms with E-state index in [1.165, 1.54) is 13.2 Å². The Morgan fingerprint density at radius 2 is 2.06 bits per heavy atom. The molecule has 102 valence electrons. The van der Waals surface area contributed by atoms with Gasteiger partial charge in [-0.3, -0.25) is 0 Å². The lowest BCUT2D eigenvalue weighted by Crippen LogP contribution is -2.50. The Morgan fingerprint density at radius 1 is 1.33 bits per heavy atom. The van der Waals surface area contributed by atoms with Crippen LogP contribution in [0.15, 0.2) is 12.1 Å². The first kappa shape index (κ1) is 15.0. The first-order valence-electron chi connectivity index (χ1n) is 5.64. The number of nitrogens with zero attached hydrogens (tertiary/aromatic N) is 1. The second-order valence-corrected chi connectivity index (χ2v) is 4.18. The summed E-state index contributed by atoms with van der Waals surface area (Å²) in [6.45, 7) is 4.20. The molecule has 1 aromatic carbocycles. The molecule has 0 aliphatic carbocycles. The van der Waals surface area contributed by atoms with E-state index >= 15 is 0 Å². The normalized spacial score (nSPS) is 19.3. The van der Waals surface area contributed by atoms with Crippen molar-refractivity contribution in [1.82, 2.24) is 5.32 Å². The van der Waals surface area contributed by atoms with Crippen molar-refractivity contribution in [2.45, 2.75) is 13.0 Å². The van der Waals surface area contributed by atoms with E-state index in [4.69, 9.17) is 4.74 Å². The molecule has 2 rings (SSSR count). The third kappa shape index (κ3) is 2.84. The van der Waals surface area contributed by atoms with E-state index in [9.17, 15) is 8.78 Å². The van der Waals surface area contributed by atoms with Crippen LogP contribution in [0.1, 0.15) is 6.92 Å². The number of hydrogen-bond donors (Lipinski definition) is 1. The van der Waals surface area contributed by atoms with Gasteiger partial charge in [-0.15, -0.1) is 12.4 Å². The summed E-state index contributed by atoms with van der Waals surface area (Å²) in [5.41, 5.74) is 0.303. The summed E-state index contributed by atoms with van der Waals surface area (Å²) < 4.78 is 32.2. The fourth-order valence-corrected chi connectivity index (χ4v) is 2.09. The number of piperazine rings is 1. The highest BCUT2D eigenvalue weighted by Crippen LogP contribution is 2.28. The summed E-state index contributed by atoms with van der Waals surface area (Å²) in [5.74, 6) is -1.04. The van der Waals surface area contributed by atoms with Crippen LogP contribution < -0.4 is 15.0 Å². The fourth-order valence-electron chi connectivity index (χ4n) is 2.09. The monoisotopic (exact) mass is 278 g/mol. The molecule has 1 atom stereocenters. The van der Waals surface area contributed by atoms with Gasteiger partial charge in [0.15, 0.2) is 11.6 Å². The van der Waals surface area contributed by atoms with Crippen molar-refractivity contribution in [1.29, 1.82) is 0 Å². The molecule has 6 heteroatoms. The van der Waals surface area contributed by atoms with Crippen molar-refractivity contribution >= 4 is 18.1 Å². The van der Waals surface area contributed by atoms with Gasteiger partial charge in [-0.2, -0.15) is 0 Å². The van der Waals surface area contributed by atoms with Crippen LogP contribution in [-0.4, -0.2) is 32.8 Å². The minimum absolute atomic E-state index is 0. The summed E-state index contributed by atoms with van der Waals surface area (Å²) >= 11 is 0. The van der Waals surface area contributed by atoms with E-state index in [1.54, 1.807) is 0 Å².